The Bertz CT molecular complexity index is 580. The van der Waals surface area contributed by atoms with Gasteiger partial charge in [-0.25, -0.2) is 4.79 Å². The molecule has 0 aliphatic carbocycles. The van der Waals surface area contributed by atoms with Gasteiger partial charge in [0.1, 0.15) is 0 Å². The molecule has 4 nitrogen and oxygen atoms in total. The van der Waals surface area contributed by atoms with Crippen molar-refractivity contribution in [1.82, 2.24) is 9.78 Å². The standard InChI is InChI=1S/C10H8BrClN2O2/c1-2-14-9-6(8(13-14)10(15)16)3-5(11)4-7(9)12/h3-4H,2H2,1H3,(H,15,16). The van der Waals surface area contributed by atoms with Crippen LogP contribution in [0, 0.1) is 0 Å². The van der Waals surface area contributed by atoms with E-state index in [9.17, 15) is 4.79 Å². The van der Waals surface area contributed by atoms with E-state index in [-0.39, 0.29) is 5.69 Å². The molecule has 0 atom stereocenters. The summed E-state index contributed by atoms with van der Waals surface area (Å²) in [5, 5.41) is 14.1. The van der Waals surface area contributed by atoms with Crippen molar-refractivity contribution in [2.45, 2.75) is 13.5 Å². The molecule has 1 aromatic carbocycles. The quantitative estimate of drug-likeness (QED) is 0.927. The second-order valence-electron chi connectivity index (χ2n) is 3.25. The van der Waals surface area contributed by atoms with Crippen molar-refractivity contribution in [3.05, 3.63) is 27.3 Å². The van der Waals surface area contributed by atoms with Crippen LogP contribution < -0.4 is 0 Å². The molecular formula is C10H8BrClN2O2. The Labute approximate surface area is 105 Å². The number of hydrogen-bond acceptors (Lipinski definition) is 2. The number of rotatable bonds is 2. The molecule has 0 amide bonds. The lowest BCUT2D eigenvalue weighted by Crippen LogP contribution is -2.01. The molecule has 0 aliphatic heterocycles. The smallest absolute Gasteiger partial charge is 0.357 e. The second-order valence-corrected chi connectivity index (χ2v) is 4.58. The average Bonchev–Trinajstić information content (AvgIpc) is 2.56. The van der Waals surface area contributed by atoms with Crippen molar-refractivity contribution in [3.8, 4) is 0 Å². The molecule has 0 spiro atoms. The fourth-order valence-corrected chi connectivity index (χ4v) is 2.53. The van der Waals surface area contributed by atoms with E-state index in [2.05, 4.69) is 21.0 Å². The van der Waals surface area contributed by atoms with Crippen molar-refractivity contribution in [3.63, 3.8) is 0 Å². The summed E-state index contributed by atoms with van der Waals surface area (Å²) in [6, 6.07) is 3.44. The van der Waals surface area contributed by atoms with Gasteiger partial charge in [-0.1, -0.05) is 27.5 Å². The number of carbonyl (C=O) groups is 1. The zero-order valence-electron chi connectivity index (χ0n) is 8.37. The molecule has 2 rings (SSSR count). The minimum absolute atomic E-state index is 0.0278. The SMILES string of the molecule is CCn1nc(C(=O)O)c2cc(Br)cc(Cl)c21. The third-order valence-electron chi connectivity index (χ3n) is 2.26. The number of carboxylic acids is 1. The molecule has 1 N–H and O–H groups in total. The summed E-state index contributed by atoms with van der Waals surface area (Å²) in [5.74, 6) is -1.05. The third kappa shape index (κ3) is 1.70. The Balaban J connectivity index is 2.90. The van der Waals surface area contributed by atoms with Crippen LogP contribution in [0.25, 0.3) is 10.9 Å². The summed E-state index contributed by atoms with van der Waals surface area (Å²) in [6.45, 7) is 2.46. The first-order chi connectivity index (χ1) is 7.54. The maximum Gasteiger partial charge on any atom is 0.357 e. The van der Waals surface area contributed by atoms with Gasteiger partial charge in [0.2, 0.25) is 0 Å². The summed E-state index contributed by atoms with van der Waals surface area (Å²) in [4.78, 5) is 11.0. The molecular weight excluding hydrogens is 295 g/mol. The lowest BCUT2D eigenvalue weighted by Gasteiger charge is -2.00. The number of halogens is 2. The Hall–Kier alpha value is -1.07. The largest absolute Gasteiger partial charge is 0.476 e. The van der Waals surface area contributed by atoms with E-state index in [1.165, 1.54) is 0 Å². The number of fused-ring (bicyclic) bond motifs is 1. The van der Waals surface area contributed by atoms with Crippen LogP contribution in [0.1, 0.15) is 17.4 Å². The molecule has 0 fully saturated rings. The number of aryl methyl sites for hydroxylation is 1. The van der Waals surface area contributed by atoms with Gasteiger partial charge in [-0.3, -0.25) is 4.68 Å². The molecule has 2 aromatic rings. The topological polar surface area (TPSA) is 55.1 Å². The van der Waals surface area contributed by atoms with Crippen LogP contribution in [0.4, 0.5) is 0 Å². The summed E-state index contributed by atoms with van der Waals surface area (Å²) in [5.41, 5.74) is 0.685. The molecule has 1 heterocycles. The Morgan fingerprint density at radius 1 is 1.62 bits per heavy atom. The lowest BCUT2D eigenvalue weighted by molar-refractivity contribution is 0.0691. The molecule has 0 saturated heterocycles. The third-order valence-corrected chi connectivity index (χ3v) is 3.01. The van der Waals surface area contributed by atoms with Gasteiger partial charge in [-0.05, 0) is 19.1 Å². The Morgan fingerprint density at radius 2 is 2.31 bits per heavy atom. The van der Waals surface area contributed by atoms with Crippen LogP contribution in [-0.4, -0.2) is 20.9 Å². The summed E-state index contributed by atoms with van der Waals surface area (Å²) in [7, 11) is 0. The highest BCUT2D eigenvalue weighted by Crippen LogP contribution is 2.30. The fraction of sp³-hybridized carbons (Fsp3) is 0.200. The van der Waals surface area contributed by atoms with Gasteiger partial charge in [0.05, 0.1) is 10.5 Å². The first-order valence-corrected chi connectivity index (χ1v) is 5.80. The maximum absolute atomic E-state index is 11.0. The lowest BCUT2D eigenvalue weighted by atomic mass is 10.2. The van der Waals surface area contributed by atoms with E-state index in [0.29, 0.717) is 22.5 Å². The highest BCUT2D eigenvalue weighted by atomic mass is 79.9. The summed E-state index contributed by atoms with van der Waals surface area (Å²) < 4.78 is 2.33. The van der Waals surface area contributed by atoms with E-state index >= 15 is 0 Å². The Morgan fingerprint density at radius 3 is 2.88 bits per heavy atom. The molecule has 0 bridgehead atoms. The highest BCUT2D eigenvalue weighted by Gasteiger charge is 2.18. The normalized spacial score (nSPS) is 10.9. The molecule has 6 heteroatoms. The zero-order chi connectivity index (χ0) is 11.9. The van der Waals surface area contributed by atoms with E-state index in [1.807, 2.05) is 6.92 Å². The van der Waals surface area contributed by atoms with Crippen LogP contribution in [0.5, 0.6) is 0 Å². The molecule has 1 aromatic heterocycles. The van der Waals surface area contributed by atoms with E-state index in [0.717, 1.165) is 4.47 Å². The second kappa shape index (κ2) is 4.07. The van der Waals surface area contributed by atoms with Crippen molar-refractivity contribution in [2.75, 3.05) is 0 Å². The average molecular weight is 304 g/mol. The number of aromatic carboxylic acids is 1. The van der Waals surface area contributed by atoms with Crippen LogP contribution in [0.2, 0.25) is 5.02 Å². The van der Waals surface area contributed by atoms with Crippen molar-refractivity contribution >= 4 is 44.4 Å². The first kappa shape index (κ1) is 11.4. The van der Waals surface area contributed by atoms with Gasteiger partial charge in [0.15, 0.2) is 5.69 Å². The van der Waals surface area contributed by atoms with E-state index in [4.69, 9.17) is 16.7 Å². The number of nitrogens with zero attached hydrogens (tertiary/aromatic N) is 2. The Kier molecular flexibility index (Phi) is 2.90. The van der Waals surface area contributed by atoms with Gasteiger partial charge in [-0.15, -0.1) is 0 Å². The van der Waals surface area contributed by atoms with Crippen molar-refractivity contribution in [2.24, 2.45) is 0 Å². The molecule has 0 saturated carbocycles. The van der Waals surface area contributed by atoms with Crippen LogP contribution in [0.3, 0.4) is 0 Å². The molecule has 16 heavy (non-hydrogen) atoms. The molecule has 84 valence electrons. The maximum atomic E-state index is 11.0. The van der Waals surface area contributed by atoms with E-state index in [1.54, 1.807) is 16.8 Å². The van der Waals surface area contributed by atoms with Gasteiger partial charge in [0, 0.05) is 16.4 Å². The van der Waals surface area contributed by atoms with E-state index < -0.39 is 5.97 Å². The molecule has 0 aliphatic rings. The number of aromatic nitrogens is 2. The molecule has 0 radical (unpaired) electrons. The van der Waals surface area contributed by atoms with Crippen LogP contribution >= 0.6 is 27.5 Å². The van der Waals surface area contributed by atoms with Gasteiger partial charge in [0.25, 0.3) is 0 Å². The minimum atomic E-state index is -1.05. The van der Waals surface area contributed by atoms with Crippen molar-refractivity contribution in [1.29, 1.82) is 0 Å². The minimum Gasteiger partial charge on any atom is -0.476 e. The fourth-order valence-electron chi connectivity index (χ4n) is 1.62. The van der Waals surface area contributed by atoms with Gasteiger partial charge < -0.3 is 5.11 Å². The predicted octanol–water partition coefficient (Wildman–Crippen LogP) is 3.17. The predicted molar refractivity (Wildman–Crippen MR) is 65.1 cm³/mol. The van der Waals surface area contributed by atoms with Crippen LogP contribution in [-0.2, 0) is 6.54 Å². The van der Waals surface area contributed by atoms with Gasteiger partial charge >= 0.3 is 5.97 Å². The highest BCUT2D eigenvalue weighted by molar-refractivity contribution is 9.10. The zero-order valence-corrected chi connectivity index (χ0v) is 10.7. The van der Waals surface area contributed by atoms with Gasteiger partial charge in [-0.2, -0.15) is 5.10 Å². The summed E-state index contributed by atoms with van der Waals surface area (Å²) >= 11 is 9.36. The van der Waals surface area contributed by atoms with Crippen molar-refractivity contribution < 1.29 is 9.90 Å². The monoisotopic (exact) mass is 302 g/mol. The van der Waals surface area contributed by atoms with Crippen LogP contribution in [0.15, 0.2) is 16.6 Å². The number of hydrogen-bond donors (Lipinski definition) is 1. The number of benzene rings is 1. The number of carboxylic acid groups (broad SMARTS) is 1. The summed E-state index contributed by atoms with van der Waals surface area (Å²) in [6.07, 6.45) is 0. The molecule has 0 unspecified atom stereocenters. The first-order valence-electron chi connectivity index (χ1n) is 4.63.